The number of halogens is 1. The standard InChI is InChI=1S/C9H10INO4S/c10-7-3-5(4-16-7)8(13)11-6(1-2-12)9(14)15/h3-4,6,12H,1-2H2,(H,11,13)(H,14,15)/t6-/m1/s1. The Balaban J connectivity index is 2.65. The topological polar surface area (TPSA) is 86.6 Å². The zero-order valence-corrected chi connectivity index (χ0v) is 11.1. The number of carboxylic acids is 1. The Morgan fingerprint density at radius 3 is 2.69 bits per heavy atom. The van der Waals surface area contributed by atoms with Crippen molar-refractivity contribution in [1.82, 2.24) is 5.32 Å². The maximum Gasteiger partial charge on any atom is 0.326 e. The molecule has 1 rings (SSSR count). The van der Waals surface area contributed by atoms with Crippen LogP contribution in [0.15, 0.2) is 11.4 Å². The highest BCUT2D eigenvalue weighted by atomic mass is 127. The molecule has 0 saturated carbocycles. The largest absolute Gasteiger partial charge is 0.480 e. The molecule has 0 bridgehead atoms. The van der Waals surface area contributed by atoms with Crippen LogP contribution in [0.5, 0.6) is 0 Å². The van der Waals surface area contributed by atoms with Crippen molar-refractivity contribution in [2.45, 2.75) is 12.5 Å². The summed E-state index contributed by atoms with van der Waals surface area (Å²) in [7, 11) is 0. The predicted octanol–water partition coefficient (Wildman–Crippen LogP) is 0.918. The monoisotopic (exact) mass is 355 g/mol. The van der Waals surface area contributed by atoms with E-state index in [1.54, 1.807) is 11.4 Å². The van der Waals surface area contributed by atoms with E-state index in [0.717, 1.165) is 2.88 Å². The number of aliphatic hydroxyl groups excluding tert-OH is 1. The van der Waals surface area contributed by atoms with E-state index in [1.807, 2.05) is 0 Å². The van der Waals surface area contributed by atoms with Crippen LogP contribution < -0.4 is 5.32 Å². The lowest BCUT2D eigenvalue weighted by Crippen LogP contribution is -2.41. The van der Waals surface area contributed by atoms with E-state index >= 15 is 0 Å². The minimum atomic E-state index is -1.15. The van der Waals surface area contributed by atoms with Gasteiger partial charge in [0.2, 0.25) is 0 Å². The van der Waals surface area contributed by atoms with E-state index in [0.29, 0.717) is 5.56 Å². The summed E-state index contributed by atoms with van der Waals surface area (Å²) in [5.41, 5.74) is 0.443. The van der Waals surface area contributed by atoms with Crippen molar-refractivity contribution in [1.29, 1.82) is 0 Å². The molecular formula is C9H10INO4S. The molecule has 3 N–H and O–H groups in total. The molecule has 5 nitrogen and oxygen atoms in total. The highest BCUT2D eigenvalue weighted by Crippen LogP contribution is 2.16. The molecule has 0 aliphatic rings. The lowest BCUT2D eigenvalue weighted by molar-refractivity contribution is -0.139. The normalized spacial score (nSPS) is 12.1. The van der Waals surface area contributed by atoms with Gasteiger partial charge in [-0.05, 0) is 28.7 Å². The molecule has 16 heavy (non-hydrogen) atoms. The SMILES string of the molecule is O=C(N[C@H](CCO)C(=O)O)c1csc(I)c1. The molecule has 1 aromatic heterocycles. The smallest absolute Gasteiger partial charge is 0.326 e. The fraction of sp³-hybridized carbons (Fsp3) is 0.333. The molecule has 0 aromatic carbocycles. The maximum atomic E-state index is 11.6. The average molecular weight is 355 g/mol. The number of carbonyl (C=O) groups excluding carboxylic acids is 1. The Labute approximate surface area is 110 Å². The van der Waals surface area contributed by atoms with Crippen LogP contribution in [0.2, 0.25) is 0 Å². The van der Waals surface area contributed by atoms with Crippen LogP contribution in [-0.2, 0) is 4.79 Å². The Bertz CT molecular complexity index is 393. The summed E-state index contributed by atoms with van der Waals surface area (Å²) in [5, 5.41) is 21.5. The van der Waals surface area contributed by atoms with Gasteiger partial charge in [0, 0.05) is 18.4 Å². The van der Waals surface area contributed by atoms with Gasteiger partial charge in [0.25, 0.3) is 5.91 Å². The van der Waals surface area contributed by atoms with E-state index in [4.69, 9.17) is 10.2 Å². The van der Waals surface area contributed by atoms with Gasteiger partial charge in [0.15, 0.2) is 0 Å². The molecule has 1 atom stereocenters. The summed E-state index contributed by atoms with van der Waals surface area (Å²) in [5.74, 6) is -1.58. The third-order valence-electron chi connectivity index (χ3n) is 1.85. The lowest BCUT2D eigenvalue weighted by Gasteiger charge is -2.12. The molecule has 88 valence electrons. The third-order valence-corrected chi connectivity index (χ3v) is 3.64. The van der Waals surface area contributed by atoms with Gasteiger partial charge in [-0.25, -0.2) is 4.79 Å². The fourth-order valence-electron chi connectivity index (χ4n) is 1.06. The molecule has 1 amide bonds. The molecule has 0 unspecified atom stereocenters. The van der Waals surface area contributed by atoms with E-state index in [1.165, 1.54) is 11.3 Å². The number of thiophene rings is 1. The second-order valence-corrected chi connectivity index (χ2v) is 5.82. The van der Waals surface area contributed by atoms with Gasteiger partial charge in [-0.1, -0.05) is 0 Å². The van der Waals surface area contributed by atoms with Crippen molar-refractivity contribution in [3.63, 3.8) is 0 Å². The summed E-state index contributed by atoms with van der Waals surface area (Å²) >= 11 is 3.49. The minimum Gasteiger partial charge on any atom is -0.480 e. The van der Waals surface area contributed by atoms with Crippen molar-refractivity contribution in [2.75, 3.05) is 6.61 Å². The molecule has 1 heterocycles. The summed E-state index contributed by atoms with van der Waals surface area (Å²) in [6.07, 6.45) is 0.00228. The zero-order valence-electron chi connectivity index (χ0n) is 8.14. The van der Waals surface area contributed by atoms with Crippen molar-refractivity contribution < 1.29 is 19.8 Å². The highest BCUT2D eigenvalue weighted by Gasteiger charge is 2.20. The van der Waals surface area contributed by atoms with Gasteiger partial charge in [-0.3, -0.25) is 4.79 Å². The van der Waals surface area contributed by atoms with Crippen LogP contribution in [0.1, 0.15) is 16.8 Å². The molecule has 0 radical (unpaired) electrons. The van der Waals surface area contributed by atoms with Crippen LogP contribution in [0.25, 0.3) is 0 Å². The van der Waals surface area contributed by atoms with E-state index < -0.39 is 17.9 Å². The van der Waals surface area contributed by atoms with Gasteiger partial charge in [-0.2, -0.15) is 0 Å². The molecule has 0 aliphatic heterocycles. The summed E-state index contributed by atoms with van der Waals surface area (Å²) in [6.45, 7) is -0.279. The van der Waals surface area contributed by atoms with Crippen molar-refractivity contribution in [3.05, 3.63) is 19.9 Å². The number of hydrogen-bond donors (Lipinski definition) is 3. The molecule has 0 spiro atoms. The van der Waals surface area contributed by atoms with Crippen LogP contribution >= 0.6 is 33.9 Å². The first-order valence-electron chi connectivity index (χ1n) is 4.43. The van der Waals surface area contributed by atoms with Crippen molar-refractivity contribution in [3.8, 4) is 0 Å². The Morgan fingerprint density at radius 2 is 2.25 bits per heavy atom. The van der Waals surface area contributed by atoms with Crippen LogP contribution in [0, 0.1) is 2.88 Å². The second kappa shape index (κ2) is 6.16. The van der Waals surface area contributed by atoms with Gasteiger partial charge < -0.3 is 15.5 Å². The van der Waals surface area contributed by atoms with Crippen molar-refractivity contribution >= 4 is 45.8 Å². The number of aliphatic carboxylic acids is 1. The van der Waals surface area contributed by atoms with Crippen LogP contribution in [0.3, 0.4) is 0 Å². The third kappa shape index (κ3) is 3.72. The Kier molecular flexibility index (Phi) is 5.16. The summed E-state index contributed by atoms with van der Waals surface area (Å²) in [4.78, 5) is 22.3. The Morgan fingerprint density at radius 1 is 1.56 bits per heavy atom. The van der Waals surface area contributed by atoms with Gasteiger partial charge in [-0.15, -0.1) is 11.3 Å². The first-order chi connectivity index (χ1) is 7.54. The molecule has 7 heteroatoms. The first kappa shape index (κ1) is 13.4. The number of hydrogen-bond acceptors (Lipinski definition) is 4. The molecule has 1 aromatic rings. The van der Waals surface area contributed by atoms with Gasteiger partial charge in [0.05, 0.1) is 8.45 Å². The summed E-state index contributed by atoms with van der Waals surface area (Å²) in [6, 6.07) is 0.633. The van der Waals surface area contributed by atoms with Crippen molar-refractivity contribution in [2.24, 2.45) is 0 Å². The van der Waals surface area contributed by atoms with Crippen LogP contribution in [-0.4, -0.2) is 34.7 Å². The number of rotatable bonds is 5. The molecular weight excluding hydrogens is 345 g/mol. The quantitative estimate of drug-likeness (QED) is 0.686. The molecule has 0 fully saturated rings. The van der Waals surface area contributed by atoms with E-state index in [9.17, 15) is 9.59 Å². The Hall–Kier alpha value is -0.670. The molecule has 0 saturated heterocycles. The number of nitrogens with one attached hydrogen (secondary N) is 1. The summed E-state index contributed by atoms with van der Waals surface area (Å²) < 4.78 is 0.955. The first-order valence-corrected chi connectivity index (χ1v) is 6.39. The number of carbonyl (C=O) groups is 2. The van der Waals surface area contributed by atoms with Gasteiger partial charge >= 0.3 is 5.97 Å². The van der Waals surface area contributed by atoms with Crippen LogP contribution in [0.4, 0.5) is 0 Å². The number of carboxylic acid groups (broad SMARTS) is 1. The number of amides is 1. The predicted molar refractivity (Wildman–Crippen MR) is 67.6 cm³/mol. The second-order valence-electron chi connectivity index (χ2n) is 3.02. The minimum absolute atomic E-state index is 0.00228. The highest BCUT2D eigenvalue weighted by molar-refractivity contribution is 14.1. The van der Waals surface area contributed by atoms with Gasteiger partial charge in [0.1, 0.15) is 6.04 Å². The average Bonchev–Trinajstić information content (AvgIpc) is 2.64. The van der Waals surface area contributed by atoms with E-state index in [-0.39, 0.29) is 13.0 Å². The molecule has 0 aliphatic carbocycles. The lowest BCUT2D eigenvalue weighted by atomic mass is 10.2. The van der Waals surface area contributed by atoms with E-state index in [2.05, 4.69) is 27.9 Å². The fourth-order valence-corrected chi connectivity index (χ4v) is 2.38. The maximum absolute atomic E-state index is 11.6. The number of aliphatic hydroxyl groups is 1. The zero-order chi connectivity index (χ0) is 12.1.